The summed E-state index contributed by atoms with van der Waals surface area (Å²) in [5, 5.41) is 5.86. The van der Waals surface area contributed by atoms with Crippen LogP contribution in [-0.2, 0) is 6.54 Å². The van der Waals surface area contributed by atoms with E-state index >= 15 is 0 Å². The first-order valence-electron chi connectivity index (χ1n) is 5.41. The third-order valence-electron chi connectivity index (χ3n) is 2.49. The van der Waals surface area contributed by atoms with Gasteiger partial charge >= 0.3 is 0 Å². The standard InChI is InChI=1S/C13H14N2OS/c1-9-5-3-4-6-12(9)13(16)14-7-11-8-17-10(2)15-11/h3-6,8H,7H2,1-2H3,(H,14,16). The summed E-state index contributed by atoms with van der Waals surface area (Å²) in [4.78, 5) is 16.2. The van der Waals surface area contributed by atoms with E-state index in [0.29, 0.717) is 6.54 Å². The van der Waals surface area contributed by atoms with Crippen molar-refractivity contribution >= 4 is 17.2 Å². The molecule has 1 aromatic heterocycles. The van der Waals surface area contributed by atoms with Gasteiger partial charge in [0.1, 0.15) is 0 Å². The summed E-state index contributed by atoms with van der Waals surface area (Å²) in [7, 11) is 0. The Hall–Kier alpha value is -1.68. The Bertz CT molecular complexity index is 534. The number of rotatable bonds is 3. The molecule has 0 radical (unpaired) electrons. The van der Waals surface area contributed by atoms with Crippen LogP contribution in [0.25, 0.3) is 0 Å². The van der Waals surface area contributed by atoms with Gasteiger partial charge in [-0.3, -0.25) is 4.79 Å². The van der Waals surface area contributed by atoms with Crippen molar-refractivity contribution in [2.45, 2.75) is 20.4 Å². The molecule has 0 unspecified atom stereocenters. The predicted molar refractivity (Wildman–Crippen MR) is 69.2 cm³/mol. The number of hydrogen-bond acceptors (Lipinski definition) is 3. The summed E-state index contributed by atoms with van der Waals surface area (Å²) < 4.78 is 0. The van der Waals surface area contributed by atoms with Crippen molar-refractivity contribution in [3.05, 3.63) is 51.5 Å². The van der Waals surface area contributed by atoms with Crippen molar-refractivity contribution in [1.29, 1.82) is 0 Å². The van der Waals surface area contributed by atoms with Gasteiger partial charge in [0, 0.05) is 10.9 Å². The molecule has 1 amide bonds. The third kappa shape index (κ3) is 2.91. The van der Waals surface area contributed by atoms with E-state index in [4.69, 9.17) is 0 Å². The molecule has 2 rings (SSSR count). The minimum absolute atomic E-state index is 0.0475. The summed E-state index contributed by atoms with van der Waals surface area (Å²) in [5.41, 5.74) is 2.62. The van der Waals surface area contributed by atoms with E-state index in [2.05, 4.69) is 10.3 Å². The highest BCUT2D eigenvalue weighted by atomic mass is 32.1. The van der Waals surface area contributed by atoms with Crippen LogP contribution < -0.4 is 5.32 Å². The zero-order valence-electron chi connectivity index (χ0n) is 9.86. The maximum Gasteiger partial charge on any atom is 0.251 e. The van der Waals surface area contributed by atoms with Gasteiger partial charge in [-0.05, 0) is 25.5 Å². The maximum absolute atomic E-state index is 11.9. The van der Waals surface area contributed by atoms with Crippen molar-refractivity contribution in [2.24, 2.45) is 0 Å². The number of carbonyl (C=O) groups is 1. The van der Waals surface area contributed by atoms with Crippen LogP contribution in [0.4, 0.5) is 0 Å². The number of thiazole rings is 1. The van der Waals surface area contributed by atoms with E-state index in [1.54, 1.807) is 11.3 Å². The summed E-state index contributed by atoms with van der Waals surface area (Å²) >= 11 is 1.59. The Kier molecular flexibility index (Phi) is 3.54. The van der Waals surface area contributed by atoms with Crippen molar-refractivity contribution in [3.8, 4) is 0 Å². The van der Waals surface area contributed by atoms with Crippen LogP contribution in [0.1, 0.15) is 26.6 Å². The summed E-state index contributed by atoms with van der Waals surface area (Å²) in [6, 6.07) is 7.56. The third-order valence-corrected chi connectivity index (χ3v) is 3.31. The van der Waals surface area contributed by atoms with E-state index in [0.717, 1.165) is 21.8 Å². The molecule has 0 fully saturated rings. The average molecular weight is 246 g/mol. The number of aryl methyl sites for hydroxylation is 2. The lowest BCUT2D eigenvalue weighted by Gasteiger charge is -2.05. The molecule has 2 aromatic rings. The van der Waals surface area contributed by atoms with Gasteiger partial charge in [0.15, 0.2) is 0 Å². The highest BCUT2D eigenvalue weighted by Gasteiger charge is 2.08. The average Bonchev–Trinajstić information content (AvgIpc) is 2.73. The molecule has 0 atom stereocenters. The normalized spacial score (nSPS) is 10.2. The number of hydrogen-bond donors (Lipinski definition) is 1. The summed E-state index contributed by atoms with van der Waals surface area (Å²) in [6.45, 7) is 4.37. The molecule has 1 heterocycles. The Morgan fingerprint density at radius 2 is 2.12 bits per heavy atom. The number of nitrogens with zero attached hydrogens (tertiary/aromatic N) is 1. The van der Waals surface area contributed by atoms with Crippen LogP contribution in [0.15, 0.2) is 29.6 Å². The molecule has 4 heteroatoms. The van der Waals surface area contributed by atoms with Crippen LogP contribution in [0, 0.1) is 13.8 Å². The first kappa shape index (κ1) is 11.8. The second-order valence-electron chi connectivity index (χ2n) is 3.86. The number of amides is 1. The van der Waals surface area contributed by atoms with E-state index in [-0.39, 0.29) is 5.91 Å². The molecule has 1 N–H and O–H groups in total. The highest BCUT2D eigenvalue weighted by molar-refractivity contribution is 7.09. The number of benzene rings is 1. The van der Waals surface area contributed by atoms with E-state index in [1.165, 1.54) is 0 Å². The Morgan fingerprint density at radius 3 is 2.76 bits per heavy atom. The highest BCUT2D eigenvalue weighted by Crippen LogP contribution is 2.09. The van der Waals surface area contributed by atoms with Gasteiger partial charge < -0.3 is 5.32 Å². The van der Waals surface area contributed by atoms with Gasteiger partial charge in [-0.25, -0.2) is 4.98 Å². The largest absolute Gasteiger partial charge is 0.346 e. The Morgan fingerprint density at radius 1 is 1.35 bits per heavy atom. The van der Waals surface area contributed by atoms with Gasteiger partial charge in [-0.15, -0.1) is 11.3 Å². The number of nitrogens with one attached hydrogen (secondary N) is 1. The molecule has 1 aromatic carbocycles. The van der Waals surface area contributed by atoms with Gasteiger partial charge in [-0.1, -0.05) is 18.2 Å². The minimum Gasteiger partial charge on any atom is -0.346 e. The van der Waals surface area contributed by atoms with Gasteiger partial charge in [0.2, 0.25) is 0 Å². The zero-order chi connectivity index (χ0) is 12.3. The zero-order valence-corrected chi connectivity index (χ0v) is 10.7. The molecule has 0 saturated heterocycles. The fourth-order valence-corrected chi connectivity index (χ4v) is 2.20. The molecule has 3 nitrogen and oxygen atoms in total. The molecular formula is C13H14N2OS. The molecule has 0 aliphatic rings. The van der Waals surface area contributed by atoms with E-state index in [9.17, 15) is 4.79 Å². The lowest BCUT2D eigenvalue weighted by atomic mass is 10.1. The van der Waals surface area contributed by atoms with E-state index in [1.807, 2.05) is 43.5 Å². The monoisotopic (exact) mass is 246 g/mol. The predicted octanol–water partition coefficient (Wildman–Crippen LogP) is 2.69. The van der Waals surface area contributed by atoms with Gasteiger partial charge in [0.05, 0.1) is 17.2 Å². The number of aromatic nitrogens is 1. The molecule has 0 saturated carbocycles. The molecule has 0 bridgehead atoms. The van der Waals surface area contributed by atoms with Crippen LogP contribution in [0.5, 0.6) is 0 Å². The van der Waals surface area contributed by atoms with Crippen molar-refractivity contribution in [2.75, 3.05) is 0 Å². The SMILES string of the molecule is Cc1nc(CNC(=O)c2ccccc2C)cs1. The van der Waals surface area contributed by atoms with Crippen LogP contribution in [-0.4, -0.2) is 10.9 Å². The second-order valence-corrected chi connectivity index (χ2v) is 4.92. The van der Waals surface area contributed by atoms with Crippen molar-refractivity contribution in [1.82, 2.24) is 10.3 Å². The molecule has 88 valence electrons. The lowest BCUT2D eigenvalue weighted by molar-refractivity contribution is 0.0950. The fraction of sp³-hybridized carbons (Fsp3) is 0.231. The van der Waals surface area contributed by atoms with Crippen LogP contribution in [0.3, 0.4) is 0 Å². The van der Waals surface area contributed by atoms with Crippen LogP contribution in [0.2, 0.25) is 0 Å². The summed E-state index contributed by atoms with van der Waals surface area (Å²) in [5.74, 6) is -0.0475. The molecular weight excluding hydrogens is 232 g/mol. The van der Waals surface area contributed by atoms with Crippen molar-refractivity contribution in [3.63, 3.8) is 0 Å². The van der Waals surface area contributed by atoms with Gasteiger partial charge in [-0.2, -0.15) is 0 Å². The Balaban J connectivity index is 2.01. The smallest absolute Gasteiger partial charge is 0.251 e. The molecule has 17 heavy (non-hydrogen) atoms. The molecule has 0 spiro atoms. The Labute approximate surface area is 105 Å². The van der Waals surface area contributed by atoms with E-state index < -0.39 is 0 Å². The second kappa shape index (κ2) is 5.10. The number of carbonyl (C=O) groups excluding carboxylic acids is 1. The fourth-order valence-electron chi connectivity index (χ4n) is 1.58. The van der Waals surface area contributed by atoms with Crippen LogP contribution >= 0.6 is 11.3 Å². The quantitative estimate of drug-likeness (QED) is 0.904. The molecule has 0 aliphatic carbocycles. The minimum atomic E-state index is -0.0475. The molecule has 0 aliphatic heterocycles. The van der Waals surface area contributed by atoms with Gasteiger partial charge in [0.25, 0.3) is 5.91 Å². The van der Waals surface area contributed by atoms with Crippen molar-refractivity contribution < 1.29 is 4.79 Å². The maximum atomic E-state index is 11.9. The summed E-state index contributed by atoms with van der Waals surface area (Å²) in [6.07, 6.45) is 0. The topological polar surface area (TPSA) is 42.0 Å². The lowest BCUT2D eigenvalue weighted by Crippen LogP contribution is -2.23. The first-order chi connectivity index (χ1) is 8.16. The first-order valence-corrected chi connectivity index (χ1v) is 6.29.